The molecule has 3 N–H and O–H groups in total. The van der Waals surface area contributed by atoms with Gasteiger partial charge in [-0.3, -0.25) is 9.69 Å². The van der Waals surface area contributed by atoms with E-state index in [1.165, 1.54) is 0 Å². The molecule has 5 heteroatoms. The minimum absolute atomic E-state index is 0.207. The molecule has 0 fully saturated rings. The second-order valence-corrected chi connectivity index (χ2v) is 2.89. The number of carbonyl (C=O) groups is 2. The number of primary amides is 1. The topological polar surface area (TPSA) is 83.6 Å². The van der Waals surface area contributed by atoms with Gasteiger partial charge in [0.25, 0.3) is 0 Å². The second kappa shape index (κ2) is 6.94. The highest BCUT2D eigenvalue weighted by atomic mass is 16.4. The van der Waals surface area contributed by atoms with E-state index in [9.17, 15) is 9.59 Å². The maximum absolute atomic E-state index is 10.6. The van der Waals surface area contributed by atoms with Crippen LogP contribution in [0, 0.1) is 0 Å². The van der Waals surface area contributed by atoms with Crippen molar-refractivity contribution < 1.29 is 14.7 Å². The maximum atomic E-state index is 10.6. The van der Waals surface area contributed by atoms with Crippen LogP contribution >= 0.6 is 0 Å². The van der Waals surface area contributed by atoms with E-state index >= 15 is 0 Å². The molecule has 0 unspecified atom stereocenters. The minimum Gasteiger partial charge on any atom is -0.465 e. The summed E-state index contributed by atoms with van der Waals surface area (Å²) >= 11 is 0. The van der Waals surface area contributed by atoms with Crippen LogP contribution in [-0.4, -0.2) is 35.1 Å². The lowest BCUT2D eigenvalue weighted by Gasteiger charge is -2.14. The molecule has 0 aromatic heterocycles. The third-order valence-corrected chi connectivity index (χ3v) is 1.57. The Hall–Kier alpha value is -1.52. The molecule has 0 spiro atoms. The van der Waals surface area contributed by atoms with Gasteiger partial charge in [-0.1, -0.05) is 25.5 Å². The lowest BCUT2D eigenvalue weighted by Crippen LogP contribution is -2.37. The summed E-state index contributed by atoms with van der Waals surface area (Å²) in [5.74, 6) is -0.642. The molecule has 0 heterocycles. The first-order valence-corrected chi connectivity index (χ1v) is 4.49. The monoisotopic (exact) mass is 200 g/mol. The standard InChI is InChI=1S/C9H16N2O3/c1-2-3-4-5-6-11(9(13)14)7-8(10)12/h4-5H,2-3,6-7H2,1H3,(H2,10,12)(H,13,14)/b5-4-. The van der Waals surface area contributed by atoms with Crippen LogP contribution in [0.25, 0.3) is 0 Å². The Balaban J connectivity index is 3.97. The SMILES string of the molecule is CCC/C=C\CN(CC(N)=O)C(=O)O. The summed E-state index contributed by atoms with van der Waals surface area (Å²) in [6, 6.07) is 0. The van der Waals surface area contributed by atoms with E-state index in [-0.39, 0.29) is 13.1 Å². The van der Waals surface area contributed by atoms with Crippen molar-refractivity contribution in [3.05, 3.63) is 12.2 Å². The summed E-state index contributed by atoms with van der Waals surface area (Å²) < 4.78 is 0. The number of amides is 2. The van der Waals surface area contributed by atoms with Gasteiger partial charge in [0.1, 0.15) is 6.54 Å². The van der Waals surface area contributed by atoms with Gasteiger partial charge in [0.15, 0.2) is 0 Å². The molecule has 0 saturated heterocycles. The zero-order chi connectivity index (χ0) is 11.0. The van der Waals surface area contributed by atoms with Crippen LogP contribution in [0.15, 0.2) is 12.2 Å². The Kier molecular flexibility index (Phi) is 6.19. The van der Waals surface area contributed by atoms with E-state index < -0.39 is 12.0 Å². The average molecular weight is 200 g/mol. The molecule has 0 aromatic carbocycles. The van der Waals surface area contributed by atoms with Crippen LogP contribution in [0.5, 0.6) is 0 Å². The number of hydrogen-bond acceptors (Lipinski definition) is 2. The Morgan fingerprint density at radius 2 is 2.07 bits per heavy atom. The van der Waals surface area contributed by atoms with Gasteiger partial charge in [-0.2, -0.15) is 0 Å². The number of nitrogens with zero attached hydrogens (tertiary/aromatic N) is 1. The fraction of sp³-hybridized carbons (Fsp3) is 0.556. The van der Waals surface area contributed by atoms with Gasteiger partial charge in [0.2, 0.25) is 5.91 Å². The highest BCUT2D eigenvalue weighted by Crippen LogP contribution is 1.93. The zero-order valence-electron chi connectivity index (χ0n) is 8.27. The average Bonchev–Trinajstić information content (AvgIpc) is 2.09. The van der Waals surface area contributed by atoms with Crippen LogP contribution in [0.2, 0.25) is 0 Å². The normalized spacial score (nSPS) is 10.4. The molecule has 0 rings (SSSR count). The third kappa shape index (κ3) is 6.05. The van der Waals surface area contributed by atoms with Crippen LogP contribution in [0.4, 0.5) is 4.79 Å². The van der Waals surface area contributed by atoms with Gasteiger partial charge in [0.05, 0.1) is 0 Å². The van der Waals surface area contributed by atoms with Crippen molar-refractivity contribution in [2.24, 2.45) is 5.73 Å². The highest BCUT2D eigenvalue weighted by molar-refractivity contribution is 5.80. The van der Waals surface area contributed by atoms with Crippen LogP contribution < -0.4 is 5.73 Å². The first kappa shape index (κ1) is 12.5. The van der Waals surface area contributed by atoms with Gasteiger partial charge in [-0.15, -0.1) is 0 Å². The molecule has 0 aliphatic rings. The first-order chi connectivity index (χ1) is 6.57. The second-order valence-electron chi connectivity index (χ2n) is 2.89. The molecule has 0 bridgehead atoms. The minimum atomic E-state index is -1.13. The molecule has 5 nitrogen and oxygen atoms in total. The number of carbonyl (C=O) groups excluding carboxylic acids is 1. The summed E-state index contributed by atoms with van der Waals surface area (Å²) in [5.41, 5.74) is 4.89. The molecule has 0 saturated carbocycles. The highest BCUT2D eigenvalue weighted by Gasteiger charge is 2.11. The van der Waals surface area contributed by atoms with Gasteiger partial charge in [-0.05, 0) is 6.42 Å². The number of unbranched alkanes of at least 4 members (excludes halogenated alkanes) is 1. The van der Waals surface area contributed by atoms with E-state index in [1.54, 1.807) is 6.08 Å². The van der Waals surface area contributed by atoms with Crippen LogP contribution in [0.1, 0.15) is 19.8 Å². The largest absolute Gasteiger partial charge is 0.465 e. The van der Waals surface area contributed by atoms with E-state index in [1.807, 2.05) is 13.0 Å². The maximum Gasteiger partial charge on any atom is 0.408 e. The van der Waals surface area contributed by atoms with E-state index in [2.05, 4.69) is 0 Å². The first-order valence-electron chi connectivity index (χ1n) is 4.49. The summed E-state index contributed by atoms with van der Waals surface area (Å²) in [7, 11) is 0. The van der Waals surface area contributed by atoms with Crippen molar-refractivity contribution in [2.45, 2.75) is 19.8 Å². The van der Waals surface area contributed by atoms with Gasteiger partial charge < -0.3 is 10.8 Å². The number of rotatable bonds is 6. The van der Waals surface area contributed by atoms with Gasteiger partial charge in [-0.25, -0.2) is 4.79 Å². The van der Waals surface area contributed by atoms with Gasteiger partial charge in [0, 0.05) is 6.54 Å². The predicted octanol–water partition coefficient (Wildman–Crippen LogP) is 0.808. The molecular formula is C9H16N2O3. The fourth-order valence-corrected chi connectivity index (χ4v) is 0.885. The Morgan fingerprint density at radius 1 is 1.43 bits per heavy atom. The molecule has 0 radical (unpaired) electrons. The molecule has 0 aliphatic carbocycles. The number of allylic oxidation sites excluding steroid dienone is 1. The number of hydrogen-bond donors (Lipinski definition) is 2. The third-order valence-electron chi connectivity index (χ3n) is 1.57. The van der Waals surface area contributed by atoms with Crippen molar-refractivity contribution >= 4 is 12.0 Å². The summed E-state index contributed by atoms with van der Waals surface area (Å²) in [5, 5.41) is 8.66. The van der Waals surface area contributed by atoms with Crippen molar-refractivity contribution in [3.63, 3.8) is 0 Å². The van der Waals surface area contributed by atoms with Gasteiger partial charge >= 0.3 is 6.09 Å². The molecule has 0 aromatic rings. The summed E-state index contributed by atoms with van der Waals surface area (Å²) in [4.78, 5) is 22.0. The molecule has 14 heavy (non-hydrogen) atoms. The summed E-state index contributed by atoms with van der Waals surface area (Å²) in [6.45, 7) is 1.98. The van der Waals surface area contributed by atoms with Crippen molar-refractivity contribution in [1.82, 2.24) is 4.90 Å². The molecule has 2 amide bonds. The van der Waals surface area contributed by atoms with Crippen molar-refractivity contribution in [2.75, 3.05) is 13.1 Å². The number of carboxylic acid groups (broad SMARTS) is 1. The quantitative estimate of drug-likeness (QED) is 0.622. The molecular weight excluding hydrogens is 184 g/mol. The molecule has 0 atom stereocenters. The Labute approximate surface area is 83.2 Å². The van der Waals surface area contributed by atoms with E-state index in [0.717, 1.165) is 17.7 Å². The zero-order valence-corrected chi connectivity index (χ0v) is 8.27. The van der Waals surface area contributed by atoms with Crippen molar-refractivity contribution in [3.8, 4) is 0 Å². The lowest BCUT2D eigenvalue weighted by atomic mass is 10.3. The summed E-state index contributed by atoms with van der Waals surface area (Å²) in [6.07, 6.45) is 4.39. The van der Waals surface area contributed by atoms with E-state index in [4.69, 9.17) is 10.8 Å². The molecule has 80 valence electrons. The van der Waals surface area contributed by atoms with Crippen LogP contribution in [0.3, 0.4) is 0 Å². The van der Waals surface area contributed by atoms with E-state index in [0.29, 0.717) is 0 Å². The van der Waals surface area contributed by atoms with Crippen LogP contribution in [-0.2, 0) is 4.79 Å². The Bertz CT molecular complexity index is 226. The fourth-order valence-electron chi connectivity index (χ4n) is 0.885. The lowest BCUT2D eigenvalue weighted by molar-refractivity contribution is -0.118. The molecule has 0 aliphatic heterocycles. The van der Waals surface area contributed by atoms with Crippen molar-refractivity contribution in [1.29, 1.82) is 0 Å². The number of nitrogens with two attached hydrogens (primary N) is 1. The predicted molar refractivity (Wildman–Crippen MR) is 52.8 cm³/mol. The Morgan fingerprint density at radius 3 is 2.50 bits per heavy atom. The smallest absolute Gasteiger partial charge is 0.408 e.